The molecule has 2 rings (SSSR count). The summed E-state index contributed by atoms with van der Waals surface area (Å²) in [6.45, 7) is 0. The van der Waals surface area contributed by atoms with Crippen molar-refractivity contribution < 1.29 is 4.79 Å². The Morgan fingerprint density at radius 2 is 1.88 bits per heavy atom. The van der Waals surface area contributed by atoms with Crippen molar-refractivity contribution >= 4 is 29.3 Å². The highest BCUT2D eigenvalue weighted by atomic mass is 35.5. The van der Waals surface area contributed by atoms with E-state index < -0.39 is 0 Å². The third-order valence-electron chi connectivity index (χ3n) is 2.43. The van der Waals surface area contributed by atoms with Gasteiger partial charge in [0.2, 0.25) is 0 Å². The van der Waals surface area contributed by atoms with Gasteiger partial charge in [-0.2, -0.15) is 0 Å². The predicted molar refractivity (Wildman–Crippen MR) is 70.9 cm³/mol. The standard InChI is InChI=1S/C14H12ClNO/c15-12-7-6-11(8-9-17)14(10-12)16-13-4-2-1-3-5-13/h1-7,9-10,16H,8H2. The Kier molecular flexibility index (Phi) is 3.78. The van der Waals surface area contributed by atoms with E-state index in [0.29, 0.717) is 11.4 Å². The van der Waals surface area contributed by atoms with Crippen molar-refractivity contribution in [2.24, 2.45) is 0 Å². The summed E-state index contributed by atoms with van der Waals surface area (Å²) in [5.41, 5.74) is 2.78. The van der Waals surface area contributed by atoms with Gasteiger partial charge < -0.3 is 10.1 Å². The molecule has 0 atom stereocenters. The molecule has 0 aliphatic heterocycles. The fourth-order valence-electron chi connectivity index (χ4n) is 1.61. The number of nitrogens with one attached hydrogen (secondary N) is 1. The number of rotatable bonds is 4. The van der Waals surface area contributed by atoms with E-state index in [1.807, 2.05) is 42.5 Å². The average Bonchev–Trinajstić information content (AvgIpc) is 2.34. The van der Waals surface area contributed by atoms with Gasteiger partial charge in [0.15, 0.2) is 0 Å². The maximum absolute atomic E-state index is 10.6. The molecule has 0 fully saturated rings. The molecule has 0 heterocycles. The number of hydrogen-bond donors (Lipinski definition) is 1. The molecule has 2 nitrogen and oxygen atoms in total. The summed E-state index contributed by atoms with van der Waals surface area (Å²) in [5, 5.41) is 3.91. The fraction of sp³-hybridized carbons (Fsp3) is 0.0714. The van der Waals surface area contributed by atoms with Gasteiger partial charge in [-0.05, 0) is 29.8 Å². The SMILES string of the molecule is O=CCc1ccc(Cl)cc1Nc1ccccc1. The molecule has 0 aliphatic carbocycles. The third-order valence-corrected chi connectivity index (χ3v) is 2.66. The van der Waals surface area contributed by atoms with Crippen LogP contribution in [0.5, 0.6) is 0 Å². The normalized spacial score (nSPS) is 9.94. The van der Waals surface area contributed by atoms with Gasteiger partial charge >= 0.3 is 0 Å². The van der Waals surface area contributed by atoms with Crippen LogP contribution in [0.4, 0.5) is 11.4 Å². The minimum Gasteiger partial charge on any atom is -0.355 e. The average molecular weight is 246 g/mol. The summed E-state index contributed by atoms with van der Waals surface area (Å²) in [7, 11) is 0. The van der Waals surface area contributed by atoms with Crippen LogP contribution in [0, 0.1) is 0 Å². The second-order valence-corrected chi connectivity index (χ2v) is 4.10. The second kappa shape index (κ2) is 5.51. The molecule has 0 aromatic heterocycles. The zero-order valence-electron chi connectivity index (χ0n) is 9.19. The Morgan fingerprint density at radius 1 is 1.12 bits per heavy atom. The number of aldehydes is 1. The van der Waals surface area contributed by atoms with Gasteiger partial charge in [-0.3, -0.25) is 0 Å². The van der Waals surface area contributed by atoms with E-state index in [-0.39, 0.29) is 0 Å². The minimum absolute atomic E-state index is 0.381. The molecule has 0 saturated heterocycles. The van der Waals surface area contributed by atoms with E-state index in [1.54, 1.807) is 6.07 Å². The molecule has 0 spiro atoms. The van der Waals surface area contributed by atoms with Gasteiger partial charge in [-0.25, -0.2) is 0 Å². The van der Waals surface area contributed by atoms with Gasteiger partial charge in [0.1, 0.15) is 6.29 Å². The lowest BCUT2D eigenvalue weighted by atomic mass is 10.1. The first-order valence-electron chi connectivity index (χ1n) is 5.34. The molecule has 0 bridgehead atoms. The van der Waals surface area contributed by atoms with E-state index >= 15 is 0 Å². The number of hydrogen-bond acceptors (Lipinski definition) is 2. The van der Waals surface area contributed by atoms with Crippen LogP contribution in [0.3, 0.4) is 0 Å². The lowest BCUT2D eigenvalue weighted by molar-refractivity contribution is -0.107. The molecule has 0 saturated carbocycles. The van der Waals surface area contributed by atoms with Crippen LogP contribution in [0.15, 0.2) is 48.5 Å². The summed E-state index contributed by atoms with van der Waals surface area (Å²) in [6, 6.07) is 15.3. The molecule has 0 amide bonds. The van der Waals surface area contributed by atoms with Gasteiger partial charge in [-0.15, -0.1) is 0 Å². The lowest BCUT2D eigenvalue weighted by Gasteiger charge is -2.11. The molecule has 0 unspecified atom stereocenters. The van der Waals surface area contributed by atoms with Gasteiger partial charge in [0.05, 0.1) is 0 Å². The van der Waals surface area contributed by atoms with Crippen LogP contribution in [0.1, 0.15) is 5.56 Å². The van der Waals surface area contributed by atoms with E-state index in [9.17, 15) is 4.79 Å². The first kappa shape index (κ1) is 11.7. The third kappa shape index (κ3) is 3.08. The Bertz CT molecular complexity index is 511. The second-order valence-electron chi connectivity index (χ2n) is 3.66. The monoisotopic (exact) mass is 245 g/mol. The van der Waals surface area contributed by atoms with Crippen LogP contribution in [-0.2, 0) is 11.2 Å². The highest BCUT2D eigenvalue weighted by Gasteiger charge is 2.03. The van der Waals surface area contributed by atoms with Crippen molar-refractivity contribution in [3.8, 4) is 0 Å². The van der Waals surface area contributed by atoms with Crippen molar-refractivity contribution in [1.82, 2.24) is 0 Å². The van der Waals surface area contributed by atoms with Crippen LogP contribution >= 0.6 is 11.6 Å². The van der Waals surface area contributed by atoms with Crippen molar-refractivity contribution in [3.63, 3.8) is 0 Å². The number of para-hydroxylation sites is 1. The van der Waals surface area contributed by atoms with Crippen molar-refractivity contribution in [3.05, 3.63) is 59.1 Å². The van der Waals surface area contributed by atoms with E-state index in [4.69, 9.17) is 11.6 Å². The van der Waals surface area contributed by atoms with Gasteiger partial charge in [0, 0.05) is 22.8 Å². The number of benzene rings is 2. The van der Waals surface area contributed by atoms with E-state index in [2.05, 4.69) is 5.32 Å². The van der Waals surface area contributed by atoms with Crippen molar-refractivity contribution in [1.29, 1.82) is 0 Å². The first-order chi connectivity index (χ1) is 8.29. The molecule has 17 heavy (non-hydrogen) atoms. The maximum atomic E-state index is 10.6. The molecule has 1 N–H and O–H groups in total. The Hall–Kier alpha value is -1.80. The molecular formula is C14H12ClNO. The Labute approximate surface area is 105 Å². The minimum atomic E-state index is 0.381. The Balaban J connectivity index is 2.30. The van der Waals surface area contributed by atoms with Gasteiger partial charge in [0.25, 0.3) is 0 Å². The molecule has 2 aromatic rings. The predicted octanol–water partition coefficient (Wildman–Crippen LogP) is 3.83. The van der Waals surface area contributed by atoms with Gasteiger partial charge in [-0.1, -0.05) is 35.9 Å². The topological polar surface area (TPSA) is 29.1 Å². The van der Waals surface area contributed by atoms with Crippen LogP contribution in [-0.4, -0.2) is 6.29 Å². The number of halogens is 1. The number of carbonyl (C=O) groups is 1. The lowest BCUT2D eigenvalue weighted by Crippen LogP contribution is -1.96. The largest absolute Gasteiger partial charge is 0.355 e. The number of anilines is 2. The van der Waals surface area contributed by atoms with Crippen molar-refractivity contribution in [2.45, 2.75) is 6.42 Å². The molecule has 0 aliphatic rings. The number of carbonyl (C=O) groups excluding carboxylic acids is 1. The summed E-state index contributed by atoms with van der Waals surface area (Å²) in [4.78, 5) is 10.6. The highest BCUT2D eigenvalue weighted by molar-refractivity contribution is 6.30. The molecule has 2 aromatic carbocycles. The zero-order valence-corrected chi connectivity index (χ0v) is 9.95. The molecule has 0 radical (unpaired) electrons. The molecule has 3 heteroatoms. The van der Waals surface area contributed by atoms with Crippen LogP contribution in [0.2, 0.25) is 5.02 Å². The Morgan fingerprint density at radius 3 is 2.59 bits per heavy atom. The smallest absolute Gasteiger partial charge is 0.124 e. The van der Waals surface area contributed by atoms with Crippen LogP contribution < -0.4 is 5.32 Å². The summed E-state index contributed by atoms with van der Waals surface area (Å²) in [6.07, 6.45) is 1.27. The molecular weight excluding hydrogens is 234 g/mol. The first-order valence-corrected chi connectivity index (χ1v) is 5.71. The van der Waals surface area contributed by atoms with Crippen LogP contribution in [0.25, 0.3) is 0 Å². The zero-order chi connectivity index (χ0) is 12.1. The van der Waals surface area contributed by atoms with Crippen molar-refractivity contribution in [2.75, 3.05) is 5.32 Å². The summed E-state index contributed by atoms with van der Waals surface area (Å²) < 4.78 is 0. The quantitative estimate of drug-likeness (QED) is 0.830. The molecule has 86 valence electrons. The van der Waals surface area contributed by atoms with E-state index in [0.717, 1.165) is 23.2 Å². The maximum Gasteiger partial charge on any atom is 0.124 e. The highest BCUT2D eigenvalue weighted by Crippen LogP contribution is 2.24. The van der Waals surface area contributed by atoms with E-state index in [1.165, 1.54) is 0 Å². The fourth-order valence-corrected chi connectivity index (χ4v) is 1.78. The summed E-state index contributed by atoms with van der Waals surface area (Å²) >= 11 is 5.95. The summed E-state index contributed by atoms with van der Waals surface area (Å²) in [5.74, 6) is 0.